The monoisotopic (exact) mass is 433 g/mol. The van der Waals surface area contributed by atoms with Crippen LogP contribution in [0.15, 0.2) is 72.0 Å². The number of nitrogens with two attached hydrogens (primary N) is 2. The highest BCUT2D eigenvalue weighted by Gasteiger charge is 2.25. The standard InChI is InChI=1S/C25H35N7/c1-4-6-10-22-18-31(15-7-5-2)19(3)32(22)17-21-14-13-20(16-28-21)23-11-8-9-12-24(23)25(29-26)30-27/h8-9,11-14,16,18H,3-7,10,15,17,26-27H2,1-2H3,(H,29,30). The van der Waals surface area contributed by atoms with Crippen LogP contribution in [0, 0.1) is 0 Å². The van der Waals surface area contributed by atoms with Crippen molar-refractivity contribution in [3.05, 3.63) is 78.1 Å². The zero-order chi connectivity index (χ0) is 22.9. The minimum absolute atomic E-state index is 0.427. The molecule has 0 atom stereocenters. The number of nitrogens with one attached hydrogen (secondary N) is 1. The van der Waals surface area contributed by atoms with Crippen LogP contribution in [0.25, 0.3) is 11.1 Å². The maximum absolute atomic E-state index is 5.58. The van der Waals surface area contributed by atoms with Gasteiger partial charge in [-0.2, -0.15) is 5.10 Å². The van der Waals surface area contributed by atoms with Gasteiger partial charge in [0.1, 0.15) is 5.82 Å². The molecule has 0 unspecified atom stereocenters. The fraction of sp³-hybridized carbons (Fsp3) is 0.360. The first-order valence-electron chi connectivity index (χ1n) is 11.4. The van der Waals surface area contributed by atoms with Crippen molar-refractivity contribution in [1.29, 1.82) is 0 Å². The lowest BCUT2D eigenvalue weighted by Crippen LogP contribution is -2.32. The van der Waals surface area contributed by atoms with Crippen LogP contribution in [0.3, 0.4) is 0 Å². The minimum atomic E-state index is 0.427. The van der Waals surface area contributed by atoms with Crippen LogP contribution in [-0.2, 0) is 6.54 Å². The third-order valence-electron chi connectivity index (χ3n) is 5.74. The lowest BCUT2D eigenvalue weighted by atomic mass is 10.00. The Labute approximate surface area is 191 Å². The van der Waals surface area contributed by atoms with Crippen LogP contribution in [0.2, 0.25) is 0 Å². The van der Waals surface area contributed by atoms with Crippen LogP contribution in [-0.4, -0.2) is 27.2 Å². The molecule has 3 rings (SSSR count). The predicted octanol–water partition coefficient (Wildman–Crippen LogP) is 4.25. The number of benzene rings is 1. The molecule has 170 valence electrons. The summed E-state index contributed by atoms with van der Waals surface area (Å²) >= 11 is 0. The zero-order valence-electron chi connectivity index (χ0n) is 19.2. The van der Waals surface area contributed by atoms with E-state index in [2.05, 4.69) is 59.1 Å². The molecule has 5 N–H and O–H groups in total. The number of hydrogen-bond acceptors (Lipinski definition) is 6. The van der Waals surface area contributed by atoms with Crippen LogP contribution < -0.4 is 17.1 Å². The number of rotatable bonds is 10. The summed E-state index contributed by atoms with van der Waals surface area (Å²) < 4.78 is 0. The van der Waals surface area contributed by atoms with Crippen molar-refractivity contribution >= 4 is 5.84 Å². The average Bonchev–Trinajstić information content (AvgIpc) is 3.12. The molecule has 0 fully saturated rings. The number of aromatic nitrogens is 1. The van der Waals surface area contributed by atoms with Crippen molar-refractivity contribution in [1.82, 2.24) is 20.2 Å². The number of hydrazine groups is 1. The Morgan fingerprint density at radius 3 is 2.56 bits per heavy atom. The number of unbranched alkanes of at least 4 members (excludes halogenated alkanes) is 2. The van der Waals surface area contributed by atoms with Crippen molar-refractivity contribution in [2.24, 2.45) is 16.8 Å². The van der Waals surface area contributed by atoms with Gasteiger partial charge in [0.25, 0.3) is 0 Å². The lowest BCUT2D eigenvalue weighted by molar-refractivity contribution is 0.329. The third-order valence-corrected chi connectivity index (χ3v) is 5.74. The Morgan fingerprint density at radius 1 is 1.12 bits per heavy atom. The molecule has 32 heavy (non-hydrogen) atoms. The van der Waals surface area contributed by atoms with E-state index in [0.717, 1.165) is 47.6 Å². The number of hydrazone groups is 1. The summed E-state index contributed by atoms with van der Waals surface area (Å²) in [6.45, 7) is 10.5. The van der Waals surface area contributed by atoms with Crippen LogP contribution >= 0.6 is 0 Å². The highest BCUT2D eigenvalue weighted by atomic mass is 15.4. The first kappa shape index (κ1) is 23.3. The number of amidine groups is 1. The van der Waals surface area contributed by atoms with E-state index in [4.69, 9.17) is 16.7 Å². The van der Waals surface area contributed by atoms with Crippen LogP contribution in [0.1, 0.15) is 57.2 Å². The second-order valence-electron chi connectivity index (χ2n) is 7.98. The highest BCUT2D eigenvalue weighted by molar-refractivity contribution is 6.03. The van der Waals surface area contributed by atoms with Crippen molar-refractivity contribution < 1.29 is 0 Å². The summed E-state index contributed by atoms with van der Waals surface area (Å²) in [6, 6.07) is 12.0. The summed E-state index contributed by atoms with van der Waals surface area (Å²) in [6.07, 6.45) is 9.88. The van der Waals surface area contributed by atoms with E-state index >= 15 is 0 Å². The van der Waals surface area contributed by atoms with E-state index in [-0.39, 0.29) is 0 Å². The molecule has 0 amide bonds. The van der Waals surface area contributed by atoms with E-state index < -0.39 is 0 Å². The van der Waals surface area contributed by atoms with Gasteiger partial charge in [0.15, 0.2) is 5.84 Å². The summed E-state index contributed by atoms with van der Waals surface area (Å²) in [4.78, 5) is 9.34. The lowest BCUT2D eigenvalue weighted by Gasteiger charge is -2.26. The van der Waals surface area contributed by atoms with Crippen molar-refractivity contribution in [2.75, 3.05) is 6.54 Å². The molecule has 2 heterocycles. The van der Waals surface area contributed by atoms with E-state index in [0.29, 0.717) is 12.4 Å². The largest absolute Gasteiger partial charge is 0.333 e. The van der Waals surface area contributed by atoms with Crippen LogP contribution in [0.5, 0.6) is 0 Å². The van der Waals surface area contributed by atoms with E-state index in [1.807, 2.05) is 30.5 Å². The van der Waals surface area contributed by atoms with Gasteiger partial charge in [0, 0.05) is 35.8 Å². The zero-order valence-corrected chi connectivity index (χ0v) is 19.2. The molecule has 1 aromatic heterocycles. The normalized spacial score (nSPS) is 14.2. The van der Waals surface area contributed by atoms with Gasteiger partial charge in [-0.25, -0.2) is 5.84 Å². The molecule has 0 aliphatic carbocycles. The average molecular weight is 434 g/mol. The fourth-order valence-electron chi connectivity index (χ4n) is 3.88. The van der Waals surface area contributed by atoms with Crippen molar-refractivity contribution in [2.45, 2.75) is 52.5 Å². The molecule has 1 aliphatic heterocycles. The fourth-order valence-corrected chi connectivity index (χ4v) is 3.88. The highest BCUT2D eigenvalue weighted by Crippen LogP contribution is 2.31. The molecule has 2 aromatic rings. The molecule has 0 bridgehead atoms. The Morgan fingerprint density at radius 2 is 1.91 bits per heavy atom. The second-order valence-corrected chi connectivity index (χ2v) is 7.98. The van der Waals surface area contributed by atoms with E-state index in [1.54, 1.807) is 0 Å². The van der Waals surface area contributed by atoms with Gasteiger partial charge in [0.05, 0.1) is 12.2 Å². The minimum Gasteiger partial charge on any atom is -0.333 e. The van der Waals surface area contributed by atoms with Crippen molar-refractivity contribution in [3.63, 3.8) is 0 Å². The number of hydrogen-bond donors (Lipinski definition) is 3. The summed E-state index contributed by atoms with van der Waals surface area (Å²) in [5.74, 6) is 12.5. The summed E-state index contributed by atoms with van der Waals surface area (Å²) in [7, 11) is 0. The summed E-state index contributed by atoms with van der Waals surface area (Å²) in [5.41, 5.74) is 7.65. The molecule has 1 aromatic carbocycles. The quantitative estimate of drug-likeness (QED) is 0.224. The van der Waals surface area contributed by atoms with Gasteiger partial charge in [-0.15, -0.1) is 0 Å². The molecule has 0 saturated carbocycles. The molecular formula is C25H35N7. The number of pyridine rings is 1. The number of nitrogens with zero attached hydrogens (tertiary/aromatic N) is 4. The van der Waals surface area contributed by atoms with Gasteiger partial charge in [-0.05, 0) is 30.9 Å². The second kappa shape index (κ2) is 11.3. The van der Waals surface area contributed by atoms with Gasteiger partial charge < -0.3 is 21.1 Å². The van der Waals surface area contributed by atoms with Gasteiger partial charge in [-0.3, -0.25) is 4.98 Å². The molecule has 0 saturated heterocycles. The predicted molar refractivity (Wildman–Crippen MR) is 132 cm³/mol. The van der Waals surface area contributed by atoms with Gasteiger partial charge in [-0.1, -0.05) is 63.6 Å². The van der Waals surface area contributed by atoms with Gasteiger partial charge >= 0.3 is 0 Å². The molecule has 0 spiro atoms. The topological polar surface area (TPSA) is 95.8 Å². The first-order chi connectivity index (χ1) is 15.6. The van der Waals surface area contributed by atoms with Gasteiger partial charge in [0.2, 0.25) is 0 Å². The maximum Gasteiger partial charge on any atom is 0.167 e. The maximum atomic E-state index is 5.58. The molecule has 1 aliphatic rings. The summed E-state index contributed by atoms with van der Waals surface area (Å²) in [5, 5.41) is 3.75. The Bertz CT molecular complexity index is 963. The number of allylic oxidation sites excluding steroid dienone is 1. The van der Waals surface area contributed by atoms with Crippen LogP contribution in [0.4, 0.5) is 0 Å². The third kappa shape index (κ3) is 5.29. The Kier molecular flexibility index (Phi) is 8.27. The smallest absolute Gasteiger partial charge is 0.167 e. The van der Waals surface area contributed by atoms with Crippen molar-refractivity contribution in [3.8, 4) is 11.1 Å². The molecule has 0 radical (unpaired) electrons. The van der Waals surface area contributed by atoms with E-state index in [9.17, 15) is 0 Å². The Balaban J connectivity index is 1.80. The molecule has 7 heteroatoms. The van der Waals surface area contributed by atoms with E-state index in [1.165, 1.54) is 25.0 Å². The SMILES string of the molecule is C=C1N(CCCC)C=C(CCCC)N1Cc1ccc(-c2ccccc2/C(=N/N)NN)cn1. The first-order valence-corrected chi connectivity index (χ1v) is 11.4. The Hall–Kier alpha value is -3.32. The molecular weight excluding hydrogens is 398 g/mol. The molecule has 7 nitrogen and oxygen atoms in total.